The Kier molecular flexibility index (Phi) is 6.43. The Labute approximate surface area is 221 Å². The highest BCUT2D eigenvalue weighted by molar-refractivity contribution is 7.91. The lowest BCUT2D eigenvalue weighted by Crippen LogP contribution is -2.35. The Morgan fingerprint density at radius 1 is 1.24 bits per heavy atom. The molecule has 2 unspecified atom stereocenters. The molecule has 5 rings (SSSR count). The average molecular weight is 549 g/mol. The van der Waals surface area contributed by atoms with E-state index in [4.69, 9.17) is 11.6 Å². The summed E-state index contributed by atoms with van der Waals surface area (Å²) < 4.78 is 40.6. The Morgan fingerprint density at radius 3 is 2.46 bits per heavy atom. The van der Waals surface area contributed by atoms with Gasteiger partial charge in [0.1, 0.15) is 21.9 Å². The summed E-state index contributed by atoms with van der Waals surface area (Å²) in [5.74, 6) is 5.44. The van der Waals surface area contributed by atoms with E-state index in [1.54, 1.807) is 17.9 Å². The fraction of sp³-hybridized carbons (Fsp3) is 0.538. The van der Waals surface area contributed by atoms with Crippen molar-refractivity contribution in [1.29, 1.82) is 0 Å². The molecule has 2 atom stereocenters. The van der Waals surface area contributed by atoms with Crippen molar-refractivity contribution >= 4 is 33.2 Å². The van der Waals surface area contributed by atoms with Gasteiger partial charge in [-0.2, -0.15) is 0 Å². The number of hydrogen-bond acceptors (Lipinski definition) is 5. The summed E-state index contributed by atoms with van der Waals surface area (Å²) in [6.07, 6.45) is 5.05. The van der Waals surface area contributed by atoms with Gasteiger partial charge in [0.15, 0.2) is 0 Å². The largest absolute Gasteiger partial charge is 0.378 e. The van der Waals surface area contributed by atoms with Gasteiger partial charge in [-0.3, -0.25) is 4.79 Å². The SMILES string of the molecule is CN(C)S(=O)(=O)C1(C#CC2(O)CC3CC(c4ncn(C)c4C(=O)Nc4ccc(F)c(Cl)c4)CC3C2)CC1. The summed E-state index contributed by atoms with van der Waals surface area (Å²) in [4.78, 5) is 17.6. The molecular weight excluding hydrogens is 519 g/mol. The molecule has 2 N–H and O–H groups in total. The van der Waals surface area contributed by atoms with Gasteiger partial charge < -0.3 is 15.0 Å². The first kappa shape index (κ1) is 26.2. The van der Waals surface area contributed by atoms with Crippen LogP contribution in [0.3, 0.4) is 0 Å². The minimum absolute atomic E-state index is 0.0511. The van der Waals surface area contributed by atoms with Gasteiger partial charge in [-0.1, -0.05) is 23.4 Å². The molecule has 37 heavy (non-hydrogen) atoms. The number of aryl methyl sites for hydroxylation is 1. The number of sulfonamides is 1. The molecule has 1 amide bonds. The number of rotatable bonds is 5. The lowest BCUT2D eigenvalue weighted by molar-refractivity contribution is 0.0978. The Bertz CT molecular complexity index is 1410. The molecule has 0 spiro atoms. The van der Waals surface area contributed by atoms with E-state index in [9.17, 15) is 22.7 Å². The van der Waals surface area contributed by atoms with E-state index in [2.05, 4.69) is 22.1 Å². The van der Waals surface area contributed by atoms with E-state index in [0.29, 0.717) is 42.8 Å². The number of aliphatic hydroxyl groups is 1. The van der Waals surface area contributed by atoms with Gasteiger partial charge in [0.25, 0.3) is 5.91 Å². The normalized spacial score (nSPS) is 28.0. The quantitative estimate of drug-likeness (QED) is 0.556. The second kappa shape index (κ2) is 9.09. The molecule has 198 valence electrons. The molecule has 3 fully saturated rings. The molecule has 1 aromatic heterocycles. The maximum Gasteiger partial charge on any atom is 0.274 e. The predicted octanol–water partition coefficient (Wildman–Crippen LogP) is 3.53. The van der Waals surface area contributed by atoms with Crippen molar-refractivity contribution in [3.05, 3.63) is 46.8 Å². The molecule has 2 aromatic rings. The molecule has 3 saturated carbocycles. The Hall–Kier alpha value is -2.45. The number of aromatic nitrogens is 2. The zero-order chi connectivity index (χ0) is 26.8. The second-order valence-electron chi connectivity index (χ2n) is 10.8. The minimum Gasteiger partial charge on any atom is -0.378 e. The summed E-state index contributed by atoms with van der Waals surface area (Å²) in [6, 6.07) is 4.01. The number of hydrogen-bond donors (Lipinski definition) is 2. The van der Waals surface area contributed by atoms with Crippen LogP contribution in [-0.4, -0.2) is 57.7 Å². The topological polar surface area (TPSA) is 105 Å². The highest BCUT2D eigenvalue weighted by Gasteiger charge is 2.56. The van der Waals surface area contributed by atoms with Gasteiger partial charge in [0.05, 0.1) is 17.0 Å². The van der Waals surface area contributed by atoms with Crippen LogP contribution in [0.4, 0.5) is 10.1 Å². The third-order valence-electron chi connectivity index (χ3n) is 7.99. The number of imidazole rings is 1. The molecule has 1 aromatic carbocycles. The van der Waals surface area contributed by atoms with Crippen molar-refractivity contribution in [2.24, 2.45) is 18.9 Å². The number of amides is 1. The van der Waals surface area contributed by atoms with E-state index in [0.717, 1.165) is 12.8 Å². The average Bonchev–Trinajstić information content (AvgIpc) is 3.26. The molecular formula is C26H30ClFN4O4S. The maximum atomic E-state index is 13.5. The number of anilines is 1. The summed E-state index contributed by atoms with van der Waals surface area (Å²) in [5.41, 5.74) is 0.320. The van der Waals surface area contributed by atoms with Gasteiger partial charge >= 0.3 is 0 Å². The Balaban J connectivity index is 1.28. The van der Waals surface area contributed by atoms with Crippen molar-refractivity contribution < 1.29 is 22.7 Å². The summed E-state index contributed by atoms with van der Waals surface area (Å²) in [7, 11) is 1.26. The fourth-order valence-corrected chi connectivity index (χ4v) is 7.59. The number of benzene rings is 1. The second-order valence-corrected chi connectivity index (χ2v) is 13.7. The molecule has 3 aliphatic carbocycles. The van der Waals surface area contributed by atoms with Gasteiger partial charge in [0, 0.05) is 32.7 Å². The summed E-state index contributed by atoms with van der Waals surface area (Å²) >= 11 is 5.85. The zero-order valence-corrected chi connectivity index (χ0v) is 22.5. The lowest BCUT2D eigenvalue weighted by atomic mass is 9.92. The first-order chi connectivity index (χ1) is 17.3. The van der Waals surface area contributed by atoms with Crippen LogP contribution in [0.2, 0.25) is 5.02 Å². The number of carbonyl (C=O) groups excluding carboxylic acids is 1. The monoisotopic (exact) mass is 548 g/mol. The molecule has 0 saturated heterocycles. The van der Waals surface area contributed by atoms with Crippen LogP contribution in [0.1, 0.15) is 60.6 Å². The molecule has 0 radical (unpaired) electrons. The smallest absolute Gasteiger partial charge is 0.274 e. The summed E-state index contributed by atoms with van der Waals surface area (Å²) in [5, 5.41) is 13.9. The number of halogens is 2. The number of nitrogens with zero attached hydrogens (tertiary/aromatic N) is 3. The van der Waals surface area contributed by atoms with Crippen LogP contribution in [0.25, 0.3) is 0 Å². The van der Waals surface area contributed by atoms with Crippen molar-refractivity contribution in [1.82, 2.24) is 13.9 Å². The first-order valence-electron chi connectivity index (χ1n) is 12.3. The molecule has 11 heteroatoms. The van der Waals surface area contributed by atoms with Crippen LogP contribution < -0.4 is 5.32 Å². The number of carbonyl (C=O) groups is 1. The molecule has 0 aliphatic heterocycles. The van der Waals surface area contributed by atoms with Crippen LogP contribution in [0.15, 0.2) is 24.5 Å². The van der Waals surface area contributed by atoms with E-state index in [-0.39, 0.29) is 28.7 Å². The van der Waals surface area contributed by atoms with Gasteiger partial charge in [-0.05, 0) is 68.6 Å². The maximum absolute atomic E-state index is 13.5. The van der Waals surface area contributed by atoms with Crippen LogP contribution in [0, 0.1) is 29.5 Å². The van der Waals surface area contributed by atoms with Crippen molar-refractivity contribution in [2.45, 2.75) is 54.8 Å². The van der Waals surface area contributed by atoms with Gasteiger partial charge in [0.2, 0.25) is 10.0 Å². The predicted molar refractivity (Wildman–Crippen MR) is 138 cm³/mol. The van der Waals surface area contributed by atoms with E-state index < -0.39 is 26.2 Å². The van der Waals surface area contributed by atoms with Crippen LogP contribution in [-0.2, 0) is 17.1 Å². The lowest BCUT2D eigenvalue weighted by Gasteiger charge is -2.20. The minimum atomic E-state index is -3.51. The molecule has 8 nitrogen and oxygen atoms in total. The highest BCUT2D eigenvalue weighted by Crippen LogP contribution is 2.54. The van der Waals surface area contributed by atoms with Crippen molar-refractivity contribution in [3.8, 4) is 11.8 Å². The van der Waals surface area contributed by atoms with Gasteiger partial charge in [-0.25, -0.2) is 22.1 Å². The third-order valence-corrected chi connectivity index (χ3v) is 10.7. The van der Waals surface area contributed by atoms with Crippen molar-refractivity contribution in [3.63, 3.8) is 0 Å². The highest BCUT2D eigenvalue weighted by atomic mass is 35.5. The number of fused-ring (bicyclic) bond motifs is 1. The molecule has 0 bridgehead atoms. The van der Waals surface area contributed by atoms with E-state index >= 15 is 0 Å². The van der Waals surface area contributed by atoms with E-state index in [1.165, 1.54) is 36.6 Å². The van der Waals surface area contributed by atoms with Gasteiger partial charge in [-0.15, -0.1) is 0 Å². The molecule has 1 heterocycles. The first-order valence-corrected chi connectivity index (χ1v) is 14.1. The number of nitrogens with one attached hydrogen (secondary N) is 1. The fourth-order valence-electron chi connectivity index (χ4n) is 5.92. The van der Waals surface area contributed by atoms with E-state index in [1.807, 2.05) is 0 Å². The van der Waals surface area contributed by atoms with Crippen molar-refractivity contribution in [2.75, 3.05) is 19.4 Å². The summed E-state index contributed by atoms with van der Waals surface area (Å²) in [6.45, 7) is 0. The standard InChI is InChI=1S/C26H30ClFN4O4S/c1-31(2)37(35,36)26(8-9-26)7-6-25(34)13-17-10-16(11-18(17)14-25)22-23(32(3)15-29-22)24(33)30-19-4-5-21(28)20(27)12-19/h4-5,12,15-18,34H,8-11,13-14H2,1-3H3,(H,30,33). The van der Waals surface area contributed by atoms with Crippen LogP contribution >= 0.6 is 11.6 Å². The Morgan fingerprint density at radius 2 is 1.89 bits per heavy atom. The van der Waals surface area contributed by atoms with Crippen LogP contribution in [0.5, 0.6) is 0 Å². The molecule has 3 aliphatic rings. The zero-order valence-electron chi connectivity index (χ0n) is 21.0. The third kappa shape index (κ3) is 4.67.